The second kappa shape index (κ2) is 5.46. The number of pyridine rings is 1. The fourth-order valence-electron chi connectivity index (χ4n) is 2.32. The lowest BCUT2D eigenvalue weighted by atomic mass is 10.2. The van der Waals surface area contributed by atoms with Crippen LogP contribution in [0.2, 0.25) is 0 Å². The molecule has 1 saturated heterocycles. The third-order valence-electron chi connectivity index (χ3n) is 3.48. The molecule has 0 atom stereocenters. The first-order valence-electron chi connectivity index (χ1n) is 6.56. The largest absolute Gasteiger partial charge is 0.314 e. The van der Waals surface area contributed by atoms with Crippen molar-refractivity contribution in [2.75, 3.05) is 26.2 Å². The Bertz CT molecular complexity index is 529. The van der Waals surface area contributed by atoms with Crippen LogP contribution in [0, 0.1) is 0 Å². The van der Waals surface area contributed by atoms with Crippen molar-refractivity contribution in [2.24, 2.45) is 7.05 Å². The van der Waals surface area contributed by atoms with Gasteiger partial charge in [-0.15, -0.1) is 10.2 Å². The van der Waals surface area contributed by atoms with E-state index in [1.54, 1.807) is 12.4 Å². The molecule has 1 fully saturated rings. The molecule has 0 saturated carbocycles. The maximum atomic E-state index is 4.32. The van der Waals surface area contributed by atoms with Crippen LogP contribution in [0.3, 0.4) is 0 Å². The van der Waals surface area contributed by atoms with Gasteiger partial charge in [-0.05, 0) is 12.1 Å². The number of aromatic nitrogens is 4. The quantitative estimate of drug-likeness (QED) is 0.857. The summed E-state index contributed by atoms with van der Waals surface area (Å²) in [6.45, 7) is 5.09. The third kappa shape index (κ3) is 2.64. The Hall–Kier alpha value is -1.79. The van der Waals surface area contributed by atoms with Gasteiger partial charge >= 0.3 is 0 Å². The van der Waals surface area contributed by atoms with Gasteiger partial charge < -0.3 is 9.88 Å². The topological polar surface area (TPSA) is 58.9 Å². The summed E-state index contributed by atoms with van der Waals surface area (Å²) < 4.78 is 2.07. The zero-order valence-electron chi connectivity index (χ0n) is 11.1. The lowest BCUT2D eigenvalue weighted by Crippen LogP contribution is -2.43. The molecule has 6 nitrogen and oxygen atoms in total. The SMILES string of the molecule is Cn1c(CN2CCNCC2)nnc1-c1ccncc1. The van der Waals surface area contributed by atoms with Crippen LogP contribution in [0.1, 0.15) is 5.82 Å². The average molecular weight is 258 g/mol. The minimum atomic E-state index is 0.857. The Balaban J connectivity index is 1.79. The number of rotatable bonds is 3. The van der Waals surface area contributed by atoms with Crippen LogP contribution in [-0.4, -0.2) is 50.8 Å². The molecule has 2 aromatic heterocycles. The summed E-state index contributed by atoms with van der Waals surface area (Å²) >= 11 is 0. The maximum Gasteiger partial charge on any atom is 0.163 e. The van der Waals surface area contributed by atoms with Gasteiger partial charge in [0.15, 0.2) is 5.82 Å². The van der Waals surface area contributed by atoms with Crippen molar-refractivity contribution in [3.63, 3.8) is 0 Å². The van der Waals surface area contributed by atoms with E-state index >= 15 is 0 Å². The number of nitrogens with zero attached hydrogens (tertiary/aromatic N) is 5. The highest BCUT2D eigenvalue weighted by Gasteiger charge is 2.15. The van der Waals surface area contributed by atoms with E-state index in [-0.39, 0.29) is 0 Å². The average Bonchev–Trinajstić information content (AvgIpc) is 2.82. The van der Waals surface area contributed by atoms with Gasteiger partial charge in [0.1, 0.15) is 5.82 Å². The highest BCUT2D eigenvalue weighted by Crippen LogP contribution is 2.16. The van der Waals surface area contributed by atoms with Gasteiger partial charge in [-0.25, -0.2) is 0 Å². The van der Waals surface area contributed by atoms with Crippen molar-refractivity contribution < 1.29 is 0 Å². The highest BCUT2D eigenvalue weighted by molar-refractivity contribution is 5.53. The predicted octanol–water partition coefficient (Wildman–Crippen LogP) is 0.282. The number of hydrogen-bond acceptors (Lipinski definition) is 5. The van der Waals surface area contributed by atoms with Crippen LogP contribution in [0.4, 0.5) is 0 Å². The monoisotopic (exact) mass is 258 g/mol. The minimum Gasteiger partial charge on any atom is -0.314 e. The van der Waals surface area contributed by atoms with Gasteiger partial charge in [0.05, 0.1) is 6.54 Å². The van der Waals surface area contributed by atoms with Crippen LogP contribution < -0.4 is 5.32 Å². The number of piperazine rings is 1. The van der Waals surface area contributed by atoms with Gasteiger partial charge in [0.2, 0.25) is 0 Å². The first-order valence-corrected chi connectivity index (χ1v) is 6.56. The summed E-state index contributed by atoms with van der Waals surface area (Å²) in [6, 6.07) is 3.91. The molecule has 0 unspecified atom stereocenters. The zero-order chi connectivity index (χ0) is 13.1. The molecule has 3 rings (SSSR count). The van der Waals surface area contributed by atoms with Crippen molar-refractivity contribution in [1.29, 1.82) is 0 Å². The van der Waals surface area contributed by atoms with Crippen molar-refractivity contribution in [3.05, 3.63) is 30.4 Å². The van der Waals surface area contributed by atoms with Crippen LogP contribution in [0.25, 0.3) is 11.4 Å². The van der Waals surface area contributed by atoms with Gasteiger partial charge in [-0.3, -0.25) is 9.88 Å². The molecule has 3 heterocycles. The summed E-state index contributed by atoms with van der Waals surface area (Å²) in [5.41, 5.74) is 1.05. The number of hydrogen-bond donors (Lipinski definition) is 1. The van der Waals surface area contributed by atoms with Gasteiger partial charge in [0, 0.05) is 51.2 Å². The van der Waals surface area contributed by atoms with E-state index in [0.717, 1.165) is 49.9 Å². The molecule has 0 radical (unpaired) electrons. The van der Waals surface area contributed by atoms with E-state index in [1.165, 1.54) is 0 Å². The first kappa shape index (κ1) is 12.3. The fraction of sp³-hybridized carbons (Fsp3) is 0.462. The van der Waals surface area contributed by atoms with Gasteiger partial charge in [0.25, 0.3) is 0 Å². The van der Waals surface area contributed by atoms with Gasteiger partial charge in [-0.2, -0.15) is 0 Å². The fourth-order valence-corrected chi connectivity index (χ4v) is 2.32. The predicted molar refractivity (Wildman–Crippen MR) is 72.4 cm³/mol. The smallest absolute Gasteiger partial charge is 0.163 e. The first-order chi connectivity index (χ1) is 9.34. The molecule has 0 amide bonds. The molecule has 1 aliphatic rings. The Kier molecular flexibility index (Phi) is 3.52. The summed E-state index contributed by atoms with van der Waals surface area (Å²) in [4.78, 5) is 6.43. The van der Waals surface area contributed by atoms with Crippen LogP contribution in [0.5, 0.6) is 0 Å². The van der Waals surface area contributed by atoms with E-state index in [4.69, 9.17) is 0 Å². The number of nitrogens with one attached hydrogen (secondary N) is 1. The lowest BCUT2D eigenvalue weighted by molar-refractivity contribution is 0.226. The summed E-state index contributed by atoms with van der Waals surface area (Å²) in [7, 11) is 2.02. The van der Waals surface area contributed by atoms with Crippen LogP contribution in [-0.2, 0) is 13.6 Å². The highest BCUT2D eigenvalue weighted by atomic mass is 15.3. The van der Waals surface area contributed by atoms with Crippen molar-refractivity contribution in [3.8, 4) is 11.4 Å². The lowest BCUT2D eigenvalue weighted by Gasteiger charge is -2.26. The molecule has 2 aromatic rings. The molecule has 0 aliphatic carbocycles. The molecule has 0 bridgehead atoms. The normalized spacial score (nSPS) is 16.7. The van der Waals surface area contributed by atoms with E-state index in [9.17, 15) is 0 Å². The molecular formula is C13H18N6. The van der Waals surface area contributed by atoms with Crippen LogP contribution in [0.15, 0.2) is 24.5 Å². The Morgan fingerprint density at radius 1 is 1.16 bits per heavy atom. The molecular weight excluding hydrogens is 240 g/mol. The Morgan fingerprint density at radius 2 is 1.89 bits per heavy atom. The third-order valence-corrected chi connectivity index (χ3v) is 3.48. The standard InChI is InChI=1S/C13H18N6/c1-18-12(10-19-8-6-15-7-9-19)16-17-13(18)11-2-4-14-5-3-11/h2-5,15H,6-10H2,1H3. The van der Waals surface area contributed by atoms with Crippen LogP contribution >= 0.6 is 0 Å². The molecule has 6 heteroatoms. The van der Waals surface area contributed by atoms with Crippen molar-refractivity contribution in [2.45, 2.75) is 6.54 Å². The molecule has 1 aliphatic heterocycles. The Morgan fingerprint density at radius 3 is 2.63 bits per heavy atom. The summed E-state index contributed by atoms with van der Waals surface area (Å²) in [5.74, 6) is 1.90. The van der Waals surface area contributed by atoms with E-state index in [0.29, 0.717) is 0 Å². The molecule has 100 valence electrons. The van der Waals surface area contributed by atoms with E-state index < -0.39 is 0 Å². The van der Waals surface area contributed by atoms with Crippen molar-refractivity contribution in [1.82, 2.24) is 30.0 Å². The summed E-state index contributed by atoms with van der Waals surface area (Å²) in [6.07, 6.45) is 3.56. The molecule has 19 heavy (non-hydrogen) atoms. The maximum absolute atomic E-state index is 4.32. The van der Waals surface area contributed by atoms with E-state index in [1.807, 2.05) is 19.2 Å². The molecule has 0 spiro atoms. The van der Waals surface area contributed by atoms with E-state index in [2.05, 4.69) is 30.0 Å². The molecule has 0 aromatic carbocycles. The summed E-state index contributed by atoms with van der Waals surface area (Å²) in [5, 5.41) is 12.0. The minimum absolute atomic E-state index is 0.857. The van der Waals surface area contributed by atoms with Gasteiger partial charge in [-0.1, -0.05) is 0 Å². The Labute approximate surface area is 112 Å². The molecule has 1 N–H and O–H groups in total. The zero-order valence-corrected chi connectivity index (χ0v) is 11.1. The second-order valence-corrected chi connectivity index (χ2v) is 4.76. The second-order valence-electron chi connectivity index (χ2n) is 4.76. The van der Waals surface area contributed by atoms with Crippen molar-refractivity contribution >= 4 is 0 Å².